The van der Waals surface area contributed by atoms with Crippen molar-refractivity contribution in [3.63, 3.8) is 0 Å². The van der Waals surface area contributed by atoms with Crippen LogP contribution in [0.3, 0.4) is 0 Å². The molecule has 1 heterocycles. The third kappa shape index (κ3) is 1.54. The van der Waals surface area contributed by atoms with Gasteiger partial charge in [0.2, 0.25) is 0 Å². The van der Waals surface area contributed by atoms with Crippen LogP contribution in [0.4, 0.5) is 0 Å². The van der Waals surface area contributed by atoms with Gasteiger partial charge in [0.15, 0.2) is 0 Å². The fourth-order valence-corrected chi connectivity index (χ4v) is 4.38. The second kappa shape index (κ2) is 3.76. The van der Waals surface area contributed by atoms with E-state index in [0.717, 1.165) is 17.4 Å². The Bertz CT molecular complexity index is 229. The minimum atomic E-state index is 0.727. The van der Waals surface area contributed by atoms with Gasteiger partial charge in [-0.05, 0) is 57.0 Å². The van der Waals surface area contributed by atoms with Crippen LogP contribution in [0.15, 0.2) is 0 Å². The molecule has 2 aliphatic carbocycles. The molecule has 3 unspecified atom stereocenters. The lowest BCUT2D eigenvalue weighted by Gasteiger charge is -2.29. The molecule has 2 saturated carbocycles. The van der Waals surface area contributed by atoms with Crippen LogP contribution in [0.1, 0.15) is 58.3 Å². The van der Waals surface area contributed by atoms with E-state index >= 15 is 0 Å². The minimum absolute atomic E-state index is 0.727. The highest BCUT2D eigenvalue weighted by molar-refractivity contribution is 5.17. The first kappa shape index (κ1) is 10.1. The van der Waals surface area contributed by atoms with Gasteiger partial charge in [0.05, 0.1) is 0 Å². The number of hydrogen-bond donors (Lipinski definition) is 0. The van der Waals surface area contributed by atoms with Crippen LogP contribution in [0.5, 0.6) is 0 Å². The smallest absolute Gasteiger partial charge is 0.0244 e. The third-order valence-electron chi connectivity index (χ3n) is 5.38. The van der Waals surface area contributed by atoms with Gasteiger partial charge in [-0.2, -0.15) is 0 Å². The molecule has 0 aromatic rings. The summed E-state index contributed by atoms with van der Waals surface area (Å²) in [6.07, 6.45) is 11.9. The number of fused-ring (bicyclic) bond motifs is 1. The van der Waals surface area contributed by atoms with E-state index in [1.807, 2.05) is 0 Å². The van der Waals surface area contributed by atoms with Crippen molar-refractivity contribution in [3.8, 4) is 0 Å². The van der Waals surface area contributed by atoms with E-state index in [-0.39, 0.29) is 0 Å². The second-order valence-electron chi connectivity index (χ2n) is 6.02. The predicted molar refractivity (Wildman–Crippen MR) is 63.9 cm³/mol. The summed E-state index contributed by atoms with van der Waals surface area (Å²) in [5.41, 5.74) is 0.727. The predicted octanol–water partition coefficient (Wildman–Crippen LogP) is 3.44. The summed E-state index contributed by atoms with van der Waals surface area (Å²) in [6.45, 7) is 5.21. The molecule has 86 valence electrons. The molecule has 3 rings (SSSR count). The van der Waals surface area contributed by atoms with Crippen LogP contribution in [0.25, 0.3) is 0 Å². The average Bonchev–Trinajstić information content (AvgIpc) is 2.96. The second-order valence-corrected chi connectivity index (χ2v) is 6.02. The van der Waals surface area contributed by atoms with Crippen molar-refractivity contribution in [1.29, 1.82) is 0 Å². The van der Waals surface area contributed by atoms with Crippen molar-refractivity contribution in [2.24, 2.45) is 11.8 Å². The molecule has 1 aliphatic heterocycles. The number of likely N-dealkylation sites (tertiary alicyclic amines) is 1. The van der Waals surface area contributed by atoms with E-state index in [9.17, 15) is 0 Å². The van der Waals surface area contributed by atoms with Crippen molar-refractivity contribution in [1.82, 2.24) is 4.90 Å². The van der Waals surface area contributed by atoms with Gasteiger partial charge in [0, 0.05) is 5.54 Å². The fraction of sp³-hybridized carbons (Fsp3) is 1.00. The van der Waals surface area contributed by atoms with E-state index in [1.165, 1.54) is 58.0 Å². The summed E-state index contributed by atoms with van der Waals surface area (Å²) < 4.78 is 0. The molecule has 0 spiro atoms. The molecule has 0 amide bonds. The van der Waals surface area contributed by atoms with Crippen LogP contribution in [-0.2, 0) is 0 Å². The summed E-state index contributed by atoms with van der Waals surface area (Å²) >= 11 is 0. The molecule has 3 fully saturated rings. The van der Waals surface area contributed by atoms with Crippen LogP contribution < -0.4 is 0 Å². The maximum Gasteiger partial charge on any atom is 0.0244 e. The van der Waals surface area contributed by atoms with Crippen molar-refractivity contribution in [3.05, 3.63) is 0 Å². The highest BCUT2D eigenvalue weighted by atomic mass is 15.2. The molecular formula is C14H25N. The molecule has 0 N–H and O–H groups in total. The quantitative estimate of drug-likeness (QED) is 0.670. The summed E-state index contributed by atoms with van der Waals surface area (Å²) in [7, 11) is 0. The Morgan fingerprint density at radius 1 is 1.13 bits per heavy atom. The Hall–Kier alpha value is -0.0400. The molecular weight excluding hydrogens is 182 g/mol. The Kier molecular flexibility index (Phi) is 2.54. The van der Waals surface area contributed by atoms with Crippen LogP contribution in [0.2, 0.25) is 0 Å². The molecule has 1 nitrogen and oxygen atoms in total. The van der Waals surface area contributed by atoms with Crippen molar-refractivity contribution >= 4 is 0 Å². The fourth-order valence-electron chi connectivity index (χ4n) is 4.38. The normalized spacial score (nSPS) is 46.2. The highest BCUT2D eigenvalue weighted by Gasteiger charge is 2.63. The van der Waals surface area contributed by atoms with E-state index in [1.54, 1.807) is 6.42 Å². The topological polar surface area (TPSA) is 3.24 Å². The summed E-state index contributed by atoms with van der Waals surface area (Å²) in [4.78, 5) is 2.89. The van der Waals surface area contributed by atoms with Crippen molar-refractivity contribution < 1.29 is 0 Å². The first-order chi connectivity index (χ1) is 7.37. The lowest BCUT2D eigenvalue weighted by Crippen LogP contribution is -2.38. The lowest BCUT2D eigenvalue weighted by molar-refractivity contribution is 0.174. The summed E-state index contributed by atoms with van der Waals surface area (Å²) in [5, 5.41) is 0. The first-order valence-corrected chi connectivity index (χ1v) is 7.12. The SMILES string of the molecule is CCC1CCC2(N3CCCCCC3)CC12. The molecule has 0 aromatic carbocycles. The van der Waals surface area contributed by atoms with Gasteiger partial charge in [-0.25, -0.2) is 0 Å². The van der Waals surface area contributed by atoms with Gasteiger partial charge in [-0.3, -0.25) is 4.90 Å². The maximum atomic E-state index is 2.89. The van der Waals surface area contributed by atoms with Crippen LogP contribution in [0, 0.1) is 11.8 Å². The molecule has 0 bridgehead atoms. The van der Waals surface area contributed by atoms with Gasteiger partial charge < -0.3 is 0 Å². The van der Waals surface area contributed by atoms with E-state index in [0.29, 0.717) is 0 Å². The van der Waals surface area contributed by atoms with Gasteiger partial charge in [-0.15, -0.1) is 0 Å². The Morgan fingerprint density at radius 3 is 2.40 bits per heavy atom. The molecule has 1 saturated heterocycles. The van der Waals surface area contributed by atoms with Gasteiger partial charge in [-0.1, -0.05) is 26.2 Å². The zero-order valence-electron chi connectivity index (χ0n) is 10.2. The molecule has 1 heteroatoms. The standard InChI is InChI=1S/C14H25N/c1-2-12-7-8-14(11-13(12)14)15-9-5-3-4-6-10-15/h12-13H,2-11H2,1H3. The molecule has 3 aliphatic rings. The zero-order chi connectivity index (χ0) is 10.3. The number of nitrogens with zero attached hydrogens (tertiary/aromatic N) is 1. The van der Waals surface area contributed by atoms with E-state index in [4.69, 9.17) is 0 Å². The number of hydrogen-bond acceptors (Lipinski definition) is 1. The van der Waals surface area contributed by atoms with Crippen molar-refractivity contribution in [2.45, 2.75) is 63.8 Å². The average molecular weight is 207 g/mol. The number of rotatable bonds is 2. The van der Waals surface area contributed by atoms with Gasteiger partial charge >= 0.3 is 0 Å². The zero-order valence-corrected chi connectivity index (χ0v) is 10.2. The monoisotopic (exact) mass is 207 g/mol. The minimum Gasteiger partial charge on any atom is -0.297 e. The lowest BCUT2D eigenvalue weighted by atomic mass is 10.0. The van der Waals surface area contributed by atoms with Crippen molar-refractivity contribution in [2.75, 3.05) is 13.1 Å². The Balaban J connectivity index is 1.67. The summed E-state index contributed by atoms with van der Waals surface area (Å²) in [5.74, 6) is 2.17. The summed E-state index contributed by atoms with van der Waals surface area (Å²) in [6, 6.07) is 0. The third-order valence-corrected chi connectivity index (χ3v) is 5.38. The molecule has 0 aromatic heterocycles. The Morgan fingerprint density at radius 2 is 1.87 bits per heavy atom. The highest BCUT2D eigenvalue weighted by Crippen LogP contribution is 2.63. The van der Waals surface area contributed by atoms with Crippen LogP contribution >= 0.6 is 0 Å². The van der Waals surface area contributed by atoms with Gasteiger partial charge in [0.1, 0.15) is 0 Å². The van der Waals surface area contributed by atoms with E-state index in [2.05, 4.69) is 11.8 Å². The largest absolute Gasteiger partial charge is 0.297 e. The van der Waals surface area contributed by atoms with E-state index < -0.39 is 0 Å². The Labute approximate surface area is 94.2 Å². The first-order valence-electron chi connectivity index (χ1n) is 7.12. The molecule has 0 radical (unpaired) electrons. The maximum absolute atomic E-state index is 2.89. The van der Waals surface area contributed by atoms with Crippen LogP contribution in [-0.4, -0.2) is 23.5 Å². The van der Waals surface area contributed by atoms with Gasteiger partial charge in [0.25, 0.3) is 0 Å². The molecule has 3 atom stereocenters. The molecule has 15 heavy (non-hydrogen) atoms.